The highest BCUT2D eigenvalue weighted by atomic mass is 127. The largest absolute Gasteiger partial charge is 0.370 e. The maximum atomic E-state index is 6.12. The first-order chi connectivity index (χ1) is 13.3. The van der Waals surface area contributed by atoms with Gasteiger partial charge in [0.05, 0.1) is 11.9 Å². The average molecular weight is 487 g/mol. The zero-order valence-electron chi connectivity index (χ0n) is 15.8. The highest BCUT2D eigenvalue weighted by Gasteiger charge is 2.13. The summed E-state index contributed by atoms with van der Waals surface area (Å²) in [5.74, 6) is 0.476. The van der Waals surface area contributed by atoms with E-state index in [0.29, 0.717) is 12.5 Å². The van der Waals surface area contributed by atoms with E-state index in [1.54, 1.807) is 0 Å². The number of nitrogens with one attached hydrogen (secondary N) is 1. The van der Waals surface area contributed by atoms with Gasteiger partial charge in [-0.2, -0.15) is 5.10 Å². The Labute approximate surface area is 183 Å². The molecule has 1 aromatic heterocycles. The quantitative estimate of drug-likeness (QED) is 0.320. The standard InChI is InChI=1S/C22H25N5.HI/c23-22(26-21-12-6-8-18-7-4-5-11-20(18)21)24-14-13-17-15-25-27(16-17)19-9-2-1-3-10-19;/h1-3,6,8-10,12,15-16H,4-5,7,11,13-14H2,(H3,23,24,26);1H. The molecule has 4 rings (SSSR count). The van der Waals surface area contributed by atoms with E-state index >= 15 is 0 Å². The van der Waals surface area contributed by atoms with E-state index in [1.807, 2.05) is 47.4 Å². The third-order valence-corrected chi connectivity index (χ3v) is 5.00. The summed E-state index contributed by atoms with van der Waals surface area (Å²) >= 11 is 0. The summed E-state index contributed by atoms with van der Waals surface area (Å²) in [6.45, 7) is 0.633. The van der Waals surface area contributed by atoms with Gasteiger partial charge in [-0.1, -0.05) is 30.3 Å². The van der Waals surface area contributed by atoms with Gasteiger partial charge < -0.3 is 11.1 Å². The molecule has 0 saturated carbocycles. The Morgan fingerprint density at radius 1 is 1.07 bits per heavy atom. The van der Waals surface area contributed by atoms with Crippen LogP contribution in [-0.4, -0.2) is 22.3 Å². The second-order valence-electron chi connectivity index (χ2n) is 6.92. The van der Waals surface area contributed by atoms with Crippen molar-refractivity contribution in [2.75, 3.05) is 11.9 Å². The zero-order valence-corrected chi connectivity index (χ0v) is 18.2. The second kappa shape index (κ2) is 9.73. The van der Waals surface area contributed by atoms with Crippen molar-refractivity contribution in [1.82, 2.24) is 9.78 Å². The normalized spacial score (nSPS) is 13.5. The topological polar surface area (TPSA) is 68.2 Å². The first-order valence-electron chi connectivity index (χ1n) is 9.56. The van der Waals surface area contributed by atoms with Crippen molar-refractivity contribution in [3.63, 3.8) is 0 Å². The van der Waals surface area contributed by atoms with Gasteiger partial charge >= 0.3 is 0 Å². The summed E-state index contributed by atoms with van der Waals surface area (Å²) in [4.78, 5) is 4.49. The number of nitrogens with zero attached hydrogens (tertiary/aromatic N) is 3. The van der Waals surface area contributed by atoms with Gasteiger partial charge in [0, 0.05) is 18.4 Å². The van der Waals surface area contributed by atoms with Crippen LogP contribution in [0.4, 0.5) is 5.69 Å². The van der Waals surface area contributed by atoms with Crippen LogP contribution in [0, 0.1) is 0 Å². The minimum atomic E-state index is 0. The number of benzene rings is 2. The Hall–Kier alpha value is -2.35. The SMILES string of the molecule is I.NC(=NCCc1cnn(-c2ccccc2)c1)Nc1cccc2c1CCCC2. The molecule has 6 heteroatoms. The van der Waals surface area contributed by atoms with Crippen molar-refractivity contribution in [3.8, 4) is 5.69 Å². The van der Waals surface area contributed by atoms with E-state index in [0.717, 1.165) is 36.2 Å². The summed E-state index contributed by atoms with van der Waals surface area (Å²) < 4.78 is 1.89. The van der Waals surface area contributed by atoms with Gasteiger partial charge in [0.2, 0.25) is 0 Å². The lowest BCUT2D eigenvalue weighted by Crippen LogP contribution is -2.24. The molecule has 0 radical (unpaired) electrons. The maximum Gasteiger partial charge on any atom is 0.193 e. The number of para-hydroxylation sites is 1. The highest BCUT2D eigenvalue weighted by Crippen LogP contribution is 2.27. The number of guanidine groups is 1. The number of anilines is 1. The highest BCUT2D eigenvalue weighted by molar-refractivity contribution is 14.0. The molecule has 28 heavy (non-hydrogen) atoms. The van der Waals surface area contributed by atoms with E-state index < -0.39 is 0 Å². The van der Waals surface area contributed by atoms with Gasteiger partial charge in [-0.15, -0.1) is 24.0 Å². The Bertz CT molecular complexity index is 933. The summed E-state index contributed by atoms with van der Waals surface area (Å²) in [5, 5.41) is 7.72. The van der Waals surface area contributed by atoms with Crippen molar-refractivity contribution < 1.29 is 0 Å². The number of aryl methyl sites for hydroxylation is 1. The molecule has 5 nitrogen and oxygen atoms in total. The Morgan fingerprint density at radius 3 is 2.75 bits per heavy atom. The molecule has 0 atom stereocenters. The minimum Gasteiger partial charge on any atom is -0.370 e. The van der Waals surface area contributed by atoms with Gasteiger partial charge in [-0.25, -0.2) is 4.68 Å². The second-order valence-corrected chi connectivity index (χ2v) is 6.92. The number of fused-ring (bicyclic) bond motifs is 1. The van der Waals surface area contributed by atoms with Gasteiger partial charge in [-0.3, -0.25) is 4.99 Å². The third-order valence-electron chi connectivity index (χ3n) is 5.00. The lowest BCUT2D eigenvalue weighted by molar-refractivity contribution is 0.687. The van der Waals surface area contributed by atoms with Crippen molar-refractivity contribution in [3.05, 3.63) is 77.6 Å². The number of rotatable bonds is 5. The fraction of sp³-hybridized carbons (Fsp3) is 0.273. The van der Waals surface area contributed by atoms with Crippen LogP contribution >= 0.6 is 24.0 Å². The minimum absolute atomic E-state index is 0. The molecule has 0 aliphatic heterocycles. The van der Waals surface area contributed by atoms with E-state index in [1.165, 1.54) is 24.0 Å². The molecule has 0 fully saturated rings. The van der Waals surface area contributed by atoms with Gasteiger partial charge in [-0.05, 0) is 67.0 Å². The summed E-state index contributed by atoms with van der Waals surface area (Å²) in [6.07, 6.45) is 9.53. The maximum absolute atomic E-state index is 6.12. The molecule has 1 heterocycles. The molecule has 3 aromatic rings. The monoisotopic (exact) mass is 487 g/mol. The van der Waals surface area contributed by atoms with Crippen LogP contribution in [0.3, 0.4) is 0 Å². The smallest absolute Gasteiger partial charge is 0.193 e. The lowest BCUT2D eigenvalue weighted by atomic mass is 9.90. The van der Waals surface area contributed by atoms with Crippen molar-refractivity contribution in [2.45, 2.75) is 32.1 Å². The summed E-state index contributed by atoms with van der Waals surface area (Å²) in [6, 6.07) is 16.5. The molecule has 2 aromatic carbocycles. The van der Waals surface area contributed by atoms with Gasteiger partial charge in [0.25, 0.3) is 0 Å². The molecule has 0 unspecified atom stereocenters. The first kappa shape index (κ1) is 20.4. The summed E-state index contributed by atoms with van der Waals surface area (Å²) in [7, 11) is 0. The molecule has 0 spiro atoms. The van der Waals surface area contributed by atoms with Crippen LogP contribution in [0.25, 0.3) is 5.69 Å². The molecule has 1 aliphatic rings. The number of nitrogens with two attached hydrogens (primary N) is 1. The van der Waals surface area contributed by atoms with Crippen LogP contribution in [-0.2, 0) is 19.3 Å². The Morgan fingerprint density at radius 2 is 1.89 bits per heavy atom. The van der Waals surface area contributed by atoms with E-state index in [9.17, 15) is 0 Å². The van der Waals surface area contributed by atoms with Crippen LogP contribution < -0.4 is 11.1 Å². The molecular weight excluding hydrogens is 461 g/mol. The number of hydrogen-bond acceptors (Lipinski definition) is 2. The molecule has 0 bridgehead atoms. The average Bonchev–Trinajstić information content (AvgIpc) is 3.18. The molecule has 0 saturated heterocycles. The van der Waals surface area contributed by atoms with Crippen LogP contribution in [0.15, 0.2) is 65.9 Å². The number of hydrogen-bond donors (Lipinski definition) is 2. The van der Waals surface area contributed by atoms with Crippen molar-refractivity contribution in [1.29, 1.82) is 0 Å². The molecular formula is C22H26IN5. The van der Waals surface area contributed by atoms with Crippen LogP contribution in [0.2, 0.25) is 0 Å². The van der Waals surface area contributed by atoms with Crippen molar-refractivity contribution in [2.24, 2.45) is 10.7 Å². The zero-order chi connectivity index (χ0) is 18.5. The first-order valence-corrected chi connectivity index (χ1v) is 9.56. The molecule has 146 valence electrons. The predicted molar refractivity (Wildman–Crippen MR) is 126 cm³/mol. The third kappa shape index (κ3) is 4.92. The number of aliphatic imine (C=N–C) groups is 1. The number of aromatic nitrogens is 2. The fourth-order valence-electron chi connectivity index (χ4n) is 3.59. The molecule has 1 aliphatic carbocycles. The molecule has 3 N–H and O–H groups in total. The predicted octanol–water partition coefficient (Wildman–Crippen LogP) is 4.34. The Balaban J connectivity index is 0.00000225. The van der Waals surface area contributed by atoms with Gasteiger partial charge in [0.15, 0.2) is 5.96 Å². The fourth-order valence-corrected chi connectivity index (χ4v) is 3.59. The number of halogens is 1. The van der Waals surface area contributed by atoms with E-state index in [4.69, 9.17) is 5.73 Å². The Kier molecular flexibility index (Phi) is 7.08. The van der Waals surface area contributed by atoms with Crippen LogP contribution in [0.5, 0.6) is 0 Å². The van der Waals surface area contributed by atoms with E-state index in [-0.39, 0.29) is 24.0 Å². The van der Waals surface area contributed by atoms with Crippen molar-refractivity contribution >= 4 is 35.6 Å². The lowest BCUT2D eigenvalue weighted by Gasteiger charge is -2.19. The molecule has 0 amide bonds. The summed E-state index contributed by atoms with van der Waals surface area (Å²) in [5.41, 5.74) is 12.3. The van der Waals surface area contributed by atoms with E-state index in [2.05, 4.69) is 33.6 Å². The van der Waals surface area contributed by atoms with Crippen LogP contribution in [0.1, 0.15) is 29.5 Å². The van der Waals surface area contributed by atoms with Gasteiger partial charge in [0.1, 0.15) is 0 Å².